The molecule has 1 N–H and O–H groups in total. The highest BCUT2D eigenvalue weighted by Gasteiger charge is 2.72. The molecule has 14 nitrogen and oxygen atoms in total. The fourth-order valence-electron chi connectivity index (χ4n) is 12.1. The number of carboxylic acids is 1. The third kappa shape index (κ3) is 7.40. The van der Waals surface area contributed by atoms with Gasteiger partial charge in [-0.1, -0.05) is 33.3 Å². The first-order valence-electron chi connectivity index (χ1n) is 20.5. The van der Waals surface area contributed by atoms with Crippen LogP contribution < -0.4 is 5.82 Å². The molecule has 5 aliphatic carbocycles. The molecule has 6 rings (SSSR count). The summed E-state index contributed by atoms with van der Waals surface area (Å²) in [5, 5.41) is 10.3. The third-order valence-electron chi connectivity index (χ3n) is 15.8. The normalized spacial score (nSPS) is 38.5. The van der Waals surface area contributed by atoms with Crippen LogP contribution in [0.3, 0.4) is 0 Å². The molecule has 0 bridgehead atoms. The lowest BCUT2D eigenvalue weighted by molar-refractivity contribution is -0.220. The molecule has 0 aromatic carbocycles. The number of carboxylic acid groups (broad SMARTS) is 1. The van der Waals surface area contributed by atoms with Gasteiger partial charge in [-0.15, -0.1) is 0 Å². The van der Waals surface area contributed by atoms with E-state index in [0.29, 0.717) is 58.5 Å². The molecule has 0 radical (unpaired) electrons. The molecular weight excluding hydrogens is 740 g/mol. The molecular formula is C43H62O14. The number of aryl methyl sites for hydroxylation is 1. The Kier molecular flexibility index (Phi) is 12.0. The Balaban J connectivity index is 1.27. The quantitative estimate of drug-likeness (QED) is 0.152. The van der Waals surface area contributed by atoms with Crippen LogP contribution in [0.15, 0.2) is 25.3 Å². The van der Waals surface area contributed by atoms with E-state index in [-0.39, 0.29) is 60.3 Å². The minimum Gasteiger partial charge on any atom is -0.481 e. The number of ether oxygens (including phenoxy) is 6. The molecule has 1 aromatic rings. The van der Waals surface area contributed by atoms with E-state index in [4.69, 9.17) is 37.3 Å². The molecule has 5 aliphatic rings. The topological polar surface area (TPSA) is 187 Å². The van der Waals surface area contributed by atoms with Crippen molar-refractivity contribution in [2.75, 3.05) is 46.8 Å². The van der Waals surface area contributed by atoms with Crippen LogP contribution in [0.5, 0.6) is 0 Å². The van der Waals surface area contributed by atoms with Crippen molar-refractivity contribution in [2.24, 2.45) is 50.2 Å². The first-order valence-corrected chi connectivity index (χ1v) is 20.5. The van der Waals surface area contributed by atoms with Gasteiger partial charge in [-0.05, 0) is 118 Å². The predicted molar refractivity (Wildman–Crippen MR) is 203 cm³/mol. The van der Waals surface area contributed by atoms with Crippen LogP contribution in [0.25, 0.3) is 0 Å². The fraction of sp³-hybridized carbons (Fsp3) is 0.791. The van der Waals surface area contributed by atoms with E-state index < -0.39 is 63.5 Å². The minimum absolute atomic E-state index is 0.0124. The van der Waals surface area contributed by atoms with Crippen LogP contribution in [0, 0.1) is 57.2 Å². The number of fused-ring (bicyclic) bond motifs is 7. The number of hydrogen-bond acceptors (Lipinski definition) is 13. The first kappa shape index (κ1) is 43.1. The molecule has 0 aliphatic heterocycles. The first-order chi connectivity index (χ1) is 26.8. The average Bonchev–Trinajstić information content (AvgIpc) is 3.48. The molecule has 1 aromatic heterocycles. The SMILES string of the molecule is COCCOCCOCCOC(=O)O[C@H]1CC[C@@]2(C)[C@@H](CC[C@]3(C)[C@@H]2C(=O)C=C2[C@@H]4C[C@@](C)(C(=O)O)CC[C@]4(C)CC[C@]23C)[C@]1(C)C(=O)OCc1oc(=O)oc1C. The van der Waals surface area contributed by atoms with Gasteiger partial charge in [0.1, 0.15) is 18.1 Å². The Morgan fingerprint density at radius 1 is 0.825 bits per heavy atom. The van der Waals surface area contributed by atoms with Crippen molar-refractivity contribution in [3.63, 3.8) is 0 Å². The smallest absolute Gasteiger partial charge is 0.481 e. The second-order valence-corrected chi connectivity index (χ2v) is 18.8. The van der Waals surface area contributed by atoms with Crippen LogP contribution in [-0.4, -0.2) is 81.8 Å². The summed E-state index contributed by atoms with van der Waals surface area (Å²) in [5.41, 5.74) is -2.83. The number of methoxy groups -OCH3 is 1. The van der Waals surface area contributed by atoms with Crippen LogP contribution in [-0.2, 0) is 49.4 Å². The summed E-state index contributed by atoms with van der Waals surface area (Å²) >= 11 is 0. The minimum atomic E-state index is -1.41. The number of ketones is 1. The summed E-state index contributed by atoms with van der Waals surface area (Å²) in [6.45, 7) is 15.3. The molecule has 1 heterocycles. The summed E-state index contributed by atoms with van der Waals surface area (Å²) < 4.78 is 43.2. The maximum absolute atomic E-state index is 14.9. The summed E-state index contributed by atoms with van der Waals surface area (Å²) in [5.74, 6) is -2.99. The van der Waals surface area contributed by atoms with E-state index in [0.717, 1.165) is 24.8 Å². The largest absolute Gasteiger partial charge is 0.519 e. The molecule has 57 heavy (non-hydrogen) atoms. The number of carbonyl (C=O) groups is 4. The van der Waals surface area contributed by atoms with Gasteiger partial charge in [0.05, 0.1) is 38.4 Å². The molecule has 0 amide bonds. The standard InChI is InChI=1S/C43H62O14/c1-26-30(56-37(49)55-26)25-54-35(47)43(7)31-9-12-42(6)33(40(31,4)11-10-32(43)57-36(48)53-22-21-52-20-19-51-18-17-50-8)29(44)23-27-28-24-39(3,34(45)46)14-13-38(28,2)15-16-41(27,42)5/h23,28,31-33H,9-22,24-25H2,1-8H3,(H,45,46)/t28-,31+,32-,33+,38+,39-,40-,41+,42+,43-/m0/s1. The van der Waals surface area contributed by atoms with Crippen molar-refractivity contribution in [1.29, 1.82) is 0 Å². The predicted octanol–water partition coefficient (Wildman–Crippen LogP) is 6.83. The molecule has 318 valence electrons. The van der Waals surface area contributed by atoms with E-state index >= 15 is 0 Å². The van der Waals surface area contributed by atoms with Gasteiger partial charge < -0.3 is 42.4 Å². The lowest BCUT2D eigenvalue weighted by Crippen LogP contribution is -2.68. The summed E-state index contributed by atoms with van der Waals surface area (Å²) in [6, 6.07) is 0. The van der Waals surface area contributed by atoms with E-state index in [1.165, 1.54) is 6.92 Å². The van der Waals surface area contributed by atoms with Crippen molar-refractivity contribution >= 4 is 23.9 Å². The van der Waals surface area contributed by atoms with Gasteiger partial charge in [-0.3, -0.25) is 14.4 Å². The van der Waals surface area contributed by atoms with Crippen molar-refractivity contribution in [1.82, 2.24) is 0 Å². The van der Waals surface area contributed by atoms with Crippen LogP contribution in [0.4, 0.5) is 4.79 Å². The molecule has 0 spiro atoms. The Bertz CT molecular complexity index is 1790. The van der Waals surface area contributed by atoms with Crippen molar-refractivity contribution in [3.05, 3.63) is 33.8 Å². The van der Waals surface area contributed by atoms with Gasteiger partial charge in [-0.2, -0.15) is 0 Å². The Hall–Kier alpha value is -3.49. The zero-order chi connectivity index (χ0) is 41.6. The number of esters is 1. The Morgan fingerprint density at radius 2 is 1.49 bits per heavy atom. The molecule has 4 saturated carbocycles. The maximum Gasteiger partial charge on any atom is 0.519 e. The van der Waals surface area contributed by atoms with Gasteiger partial charge in [0, 0.05) is 13.0 Å². The van der Waals surface area contributed by atoms with Crippen molar-refractivity contribution in [3.8, 4) is 0 Å². The second kappa shape index (κ2) is 15.9. The Labute approximate surface area is 334 Å². The second-order valence-electron chi connectivity index (χ2n) is 18.8. The van der Waals surface area contributed by atoms with E-state index in [1.54, 1.807) is 14.0 Å². The van der Waals surface area contributed by atoms with Crippen molar-refractivity contribution in [2.45, 2.75) is 119 Å². The summed E-state index contributed by atoms with van der Waals surface area (Å²) in [4.78, 5) is 67.0. The zero-order valence-electron chi connectivity index (χ0n) is 35.0. The number of carbonyl (C=O) groups excluding carboxylic acids is 3. The molecule has 14 heteroatoms. The summed E-state index contributed by atoms with van der Waals surface area (Å²) in [6.07, 6.45) is 5.66. The van der Waals surface area contributed by atoms with Gasteiger partial charge in [0.2, 0.25) is 0 Å². The van der Waals surface area contributed by atoms with Crippen LogP contribution in [0.1, 0.15) is 111 Å². The van der Waals surface area contributed by atoms with Crippen LogP contribution in [0.2, 0.25) is 0 Å². The fourth-order valence-corrected chi connectivity index (χ4v) is 12.1. The van der Waals surface area contributed by atoms with Crippen molar-refractivity contribution < 1.29 is 61.5 Å². The highest BCUT2D eigenvalue weighted by atomic mass is 16.7. The molecule has 0 saturated heterocycles. The average molecular weight is 803 g/mol. The monoisotopic (exact) mass is 802 g/mol. The summed E-state index contributed by atoms with van der Waals surface area (Å²) in [7, 11) is 1.59. The number of allylic oxidation sites excluding steroid dienone is 2. The third-order valence-corrected chi connectivity index (χ3v) is 15.8. The van der Waals surface area contributed by atoms with Gasteiger partial charge in [0.15, 0.2) is 23.9 Å². The van der Waals surface area contributed by atoms with E-state index in [1.807, 2.05) is 13.0 Å². The van der Waals surface area contributed by atoms with E-state index in [9.17, 15) is 29.1 Å². The van der Waals surface area contributed by atoms with Gasteiger partial charge in [0.25, 0.3) is 0 Å². The molecule has 0 unspecified atom stereocenters. The number of aliphatic carboxylic acids is 1. The number of hydrogen-bond donors (Lipinski definition) is 1. The number of rotatable bonds is 14. The lowest BCUT2D eigenvalue weighted by atomic mass is 9.33. The lowest BCUT2D eigenvalue weighted by Gasteiger charge is -2.70. The zero-order valence-corrected chi connectivity index (χ0v) is 35.0. The van der Waals surface area contributed by atoms with Gasteiger partial charge >= 0.3 is 23.9 Å². The molecule has 4 fully saturated rings. The highest BCUT2D eigenvalue weighted by molar-refractivity contribution is 5.96. The van der Waals surface area contributed by atoms with Crippen LogP contribution >= 0.6 is 0 Å². The van der Waals surface area contributed by atoms with E-state index in [2.05, 4.69) is 27.7 Å². The maximum atomic E-state index is 14.9. The highest BCUT2D eigenvalue weighted by Crippen LogP contribution is 2.75. The molecule has 10 atom stereocenters. The van der Waals surface area contributed by atoms with Gasteiger partial charge in [-0.25, -0.2) is 9.59 Å². The Morgan fingerprint density at radius 3 is 2.14 bits per heavy atom.